The molecule has 4 aromatic rings. The van der Waals surface area contributed by atoms with Gasteiger partial charge in [0.05, 0.1) is 5.56 Å². The van der Waals surface area contributed by atoms with Crippen LogP contribution in [-0.2, 0) is 10.8 Å². The standard InChI is InChI=1S/C25H27BF2N2/c1-24(2,3)16-10-11-22-18(13-16)19-14-17(25(4,5)6)15-20-21-9-7-8-12-29(21)26(27,28)30(22)23(19)20/h7-15H,1-6H3. The van der Waals surface area contributed by atoms with Crippen LogP contribution in [0.25, 0.3) is 33.1 Å². The summed E-state index contributed by atoms with van der Waals surface area (Å²) in [6, 6.07) is 15.5. The van der Waals surface area contributed by atoms with E-state index >= 15 is 8.63 Å². The summed E-state index contributed by atoms with van der Waals surface area (Å²) in [6.45, 7) is 8.98. The van der Waals surface area contributed by atoms with Gasteiger partial charge in [-0.25, -0.2) is 0 Å². The van der Waals surface area contributed by atoms with Crippen molar-refractivity contribution >= 4 is 28.8 Å². The molecule has 5 rings (SSSR count). The minimum absolute atomic E-state index is 0.0569. The van der Waals surface area contributed by atoms with Gasteiger partial charge in [0.25, 0.3) is 0 Å². The number of hydrogen-bond acceptors (Lipinski definition) is 0. The van der Waals surface area contributed by atoms with Crippen LogP contribution in [0.3, 0.4) is 0 Å². The van der Waals surface area contributed by atoms with Crippen molar-refractivity contribution in [2.24, 2.45) is 0 Å². The molecule has 5 heteroatoms. The summed E-state index contributed by atoms with van der Waals surface area (Å²) in [5.74, 6) is 0. The average molecular weight is 404 g/mol. The molecular formula is C25H27BF2N2. The van der Waals surface area contributed by atoms with E-state index in [1.165, 1.54) is 10.7 Å². The van der Waals surface area contributed by atoms with Crippen molar-refractivity contribution in [1.29, 1.82) is 0 Å². The Kier molecular flexibility index (Phi) is 3.68. The number of benzene rings is 2. The monoisotopic (exact) mass is 404 g/mol. The maximum atomic E-state index is 15.9. The summed E-state index contributed by atoms with van der Waals surface area (Å²) in [7, 11) is 0. The largest absolute Gasteiger partial charge is 0.737 e. The second-order valence-electron chi connectivity index (χ2n) is 10.6. The summed E-state index contributed by atoms with van der Waals surface area (Å²) in [6.07, 6.45) is 1.50. The molecular weight excluding hydrogens is 377 g/mol. The van der Waals surface area contributed by atoms with Crippen molar-refractivity contribution in [1.82, 2.24) is 4.48 Å². The third kappa shape index (κ3) is 2.50. The van der Waals surface area contributed by atoms with Crippen LogP contribution >= 0.6 is 0 Å². The molecule has 0 atom stereocenters. The topological polar surface area (TPSA) is 8.81 Å². The van der Waals surface area contributed by atoms with Crippen molar-refractivity contribution in [2.75, 3.05) is 0 Å². The molecule has 0 N–H and O–H groups in total. The number of nitrogens with zero attached hydrogens (tertiary/aromatic N) is 2. The van der Waals surface area contributed by atoms with Gasteiger partial charge in [0.1, 0.15) is 6.20 Å². The SMILES string of the molecule is CC(C)(C)c1ccc2c(c1)c1cc(C(C)(C)C)cc3c1n2[B-](F)(F)[n+]1ccccc1-3. The van der Waals surface area contributed by atoms with Crippen molar-refractivity contribution in [3.63, 3.8) is 0 Å². The molecule has 2 aromatic carbocycles. The van der Waals surface area contributed by atoms with E-state index in [0.29, 0.717) is 16.7 Å². The first-order valence-corrected chi connectivity index (χ1v) is 10.6. The summed E-state index contributed by atoms with van der Waals surface area (Å²) in [5, 5.41) is 1.81. The average Bonchev–Trinajstić information content (AvgIpc) is 3.00. The number of rotatable bonds is 0. The first-order chi connectivity index (χ1) is 13.9. The van der Waals surface area contributed by atoms with E-state index in [-0.39, 0.29) is 10.8 Å². The molecule has 0 amide bonds. The molecule has 1 aliphatic heterocycles. The Labute approximate surface area is 176 Å². The maximum absolute atomic E-state index is 15.9. The Balaban J connectivity index is 2.03. The van der Waals surface area contributed by atoms with Gasteiger partial charge in [-0.3, -0.25) is 0 Å². The molecule has 3 heterocycles. The molecule has 30 heavy (non-hydrogen) atoms. The molecule has 154 valence electrons. The van der Waals surface area contributed by atoms with E-state index in [1.807, 2.05) is 18.2 Å². The quantitative estimate of drug-likeness (QED) is 0.299. The summed E-state index contributed by atoms with van der Waals surface area (Å²) < 4.78 is 34.2. The smallest absolute Gasteiger partial charge is 0.389 e. The number of hydrogen-bond donors (Lipinski definition) is 0. The summed E-state index contributed by atoms with van der Waals surface area (Å²) in [4.78, 5) is 0. The van der Waals surface area contributed by atoms with Crippen LogP contribution in [0.5, 0.6) is 0 Å². The van der Waals surface area contributed by atoms with Crippen LogP contribution in [0.1, 0.15) is 52.7 Å². The van der Waals surface area contributed by atoms with Gasteiger partial charge in [-0.2, -0.15) is 0 Å². The lowest BCUT2D eigenvalue weighted by Gasteiger charge is -2.30. The molecule has 1 aliphatic rings. The fraction of sp³-hybridized carbons (Fsp3) is 0.320. The highest BCUT2D eigenvalue weighted by Crippen LogP contribution is 2.43. The van der Waals surface area contributed by atoms with E-state index < -0.39 is 6.97 Å². The van der Waals surface area contributed by atoms with Gasteiger partial charge in [-0.15, -0.1) is 0 Å². The van der Waals surface area contributed by atoms with E-state index in [2.05, 4.69) is 59.7 Å². The zero-order chi connectivity index (χ0) is 21.6. The third-order valence-corrected chi connectivity index (χ3v) is 6.44. The Morgan fingerprint density at radius 1 is 0.800 bits per heavy atom. The lowest BCUT2D eigenvalue weighted by atomic mass is 9.82. The lowest BCUT2D eigenvalue weighted by molar-refractivity contribution is -0.557. The minimum atomic E-state index is -3.99. The van der Waals surface area contributed by atoms with Gasteiger partial charge in [-0.1, -0.05) is 53.7 Å². The number of halogens is 2. The molecule has 0 saturated carbocycles. The molecule has 0 spiro atoms. The molecule has 2 nitrogen and oxygen atoms in total. The van der Waals surface area contributed by atoms with Gasteiger partial charge in [0.2, 0.25) is 0 Å². The fourth-order valence-electron chi connectivity index (χ4n) is 4.68. The van der Waals surface area contributed by atoms with Crippen LogP contribution in [0, 0.1) is 0 Å². The first kappa shape index (κ1) is 19.3. The van der Waals surface area contributed by atoms with Crippen molar-refractivity contribution < 1.29 is 13.1 Å². The van der Waals surface area contributed by atoms with Crippen LogP contribution in [0.2, 0.25) is 0 Å². The maximum Gasteiger partial charge on any atom is 0.737 e. The van der Waals surface area contributed by atoms with Crippen molar-refractivity contribution in [3.05, 3.63) is 65.9 Å². The van der Waals surface area contributed by atoms with Gasteiger partial charge < -0.3 is 17.6 Å². The Morgan fingerprint density at radius 2 is 1.47 bits per heavy atom. The van der Waals surface area contributed by atoms with Crippen LogP contribution in [-0.4, -0.2) is 11.4 Å². The van der Waals surface area contributed by atoms with Gasteiger partial charge in [0.15, 0.2) is 5.69 Å². The fourth-order valence-corrected chi connectivity index (χ4v) is 4.68. The van der Waals surface area contributed by atoms with E-state index in [0.717, 1.165) is 31.9 Å². The van der Waals surface area contributed by atoms with Gasteiger partial charge in [0, 0.05) is 27.9 Å². The van der Waals surface area contributed by atoms with E-state index in [1.54, 1.807) is 12.1 Å². The zero-order valence-electron chi connectivity index (χ0n) is 18.4. The molecule has 0 bridgehead atoms. The molecule has 2 aromatic heterocycles. The normalized spacial score (nSPS) is 15.6. The third-order valence-electron chi connectivity index (χ3n) is 6.44. The molecule has 0 fully saturated rings. The lowest BCUT2D eigenvalue weighted by Crippen LogP contribution is -2.66. The van der Waals surface area contributed by atoms with Gasteiger partial charge >= 0.3 is 6.97 Å². The van der Waals surface area contributed by atoms with E-state index in [4.69, 9.17) is 0 Å². The number of aromatic nitrogens is 2. The summed E-state index contributed by atoms with van der Waals surface area (Å²) in [5.41, 5.74) is 4.83. The predicted octanol–water partition coefficient (Wildman–Crippen LogP) is 6.43. The Bertz CT molecular complexity index is 1340. The van der Waals surface area contributed by atoms with Crippen molar-refractivity contribution in [2.45, 2.75) is 52.4 Å². The highest BCUT2D eigenvalue weighted by Gasteiger charge is 2.50. The Hall–Kier alpha value is -2.69. The molecule has 0 unspecified atom stereocenters. The molecule has 0 radical (unpaired) electrons. The predicted molar refractivity (Wildman–Crippen MR) is 121 cm³/mol. The van der Waals surface area contributed by atoms with Crippen molar-refractivity contribution in [3.8, 4) is 11.3 Å². The van der Waals surface area contributed by atoms with Gasteiger partial charge in [-0.05, 0) is 52.3 Å². The number of pyridine rings is 1. The summed E-state index contributed by atoms with van der Waals surface area (Å²) >= 11 is 0. The molecule has 0 aliphatic carbocycles. The zero-order valence-corrected chi connectivity index (χ0v) is 18.4. The van der Waals surface area contributed by atoms with Crippen LogP contribution in [0.4, 0.5) is 8.63 Å². The minimum Gasteiger partial charge on any atom is -0.389 e. The first-order valence-electron chi connectivity index (χ1n) is 10.6. The second kappa shape index (κ2) is 5.72. The van der Waals surface area contributed by atoms with Crippen LogP contribution < -0.4 is 4.48 Å². The van der Waals surface area contributed by atoms with E-state index in [9.17, 15) is 0 Å². The molecule has 0 saturated heterocycles. The Morgan fingerprint density at radius 3 is 2.13 bits per heavy atom. The highest BCUT2D eigenvalue weighted by molar-refractivity contribution is 6.59. The van der Waals surface area contributed by atoms with Crippen LogP contribution in [0.15, 0.2) is 54.7 Å². The number of fused-ring (bicyclic) bond motifs is 5. The highest BCUT2D eigenvalue weighted by atomic mass is 19.2. The second-order valence-corrected chi connectivity index (χ2v) is 10.6.